The zero-order valence-corrected chi connectivity index (χ0v) is 11.5. The van der Waals surface area contributed by atoms with Gasteiger partial charge in [-0.2, -0.15) is 8.42 Å². The van der Waals surface area contributed by atoms with E-state index in [1.165, 1.54) is 19.1 Å². The van der Waals surface area contributed by atoms with Gasteiger partial charge in [0, 0.05) is 5.56 Å². The van der Waals surface area contributed by atoms with Crippen molar-refractivity contribution in [1.29, 1.82) is 0 Å². The van der Waals surface area contributed by atoms with Crippen LogP contribution in [0.1, 0.15) is 37.6 Å². The van der Waals surface area contributed by atoms with Crippen molar-refractivity contribution in [1.82, 2.24) is 0 Å². The Morgan fingerprint density at radius 3 is 2.22 bits per heavy atom. The van der Waals surface area contributed by atoms with Crippen molar-refractivity contribution < 1.29 is 17.4 Å². The summed E-state index contributed by atoms with van der Waals surface area (Å²) in [5, 5.41) is 0. The molecule has 0 unspecified atom stereocenters. The Bertz CT molecular complexity index is 574. The van der Waals surface area contributed by atoms with E-state index < -0.39 is 14.9 Å². The third-order valence-electron chi connectivity index (χ3n) is 3.63. The number of rotatable bonds is 4. The van der Waals surface area contributed by atoms with E-state index in [0.29, 0.717) is 12.0 Å². The van der Waals surface area contributed by atoms with E-state index in [0.717, 1.165) is 0 Å². The van der Waals surface area contributed by atoms with Gasteiger partial charge in [-0.1, -0.05) is 6.92 Å². The number of Topliss-reactive ketones (excluding diaryl/α,β-unsaturated/α-hetero) is 1. The van der Waals surface area contributed by atoms with Crippen molar-refractivity contribution >= 4 is 15.9 Å². The predicted octanol–water partition coefficient (Wildman–Crippen LogP) is 2.40. The van der Waals surface area contributed by atoms with Crippen molar-refractivity contribution in [2.24, 2.45) is 5.92 Å². The quantitative estimate of drug-likeness (QED) is 0.621. The summed E-state index contributed by atoms with van der Waals surface area (Å²) < 4.78 is 28.4. The summed E-state index contributed by atoms with van der Waals surface area (Å²) in [6.45, 7) is 5.04. The number of benzene rings is 1. The van der Waals surface area contributed by atoms with Crippen LogP contribution in [0, 0.1) is 5.92 Å². The Balaban J connectivity index is 2.18. The first-order chi connectivity index (χ1) is 8.26. The van der Waals surface area contributed by atoms with Crippen LogP contribution in [0.4, 0.5) is 0 Å². The van der Waals surface area contributed by atoms with Crippen LogP contribution in [0.25, 0.3) is 0 Å². The smallest absolute Gasteiger partial charge is 0.315 e. The van der Waals surface area contributed by atoms with Crippen molar-refractivity contribution in [2.45, 2.75) is 31.9 Å². The van der Waals surface area contributed by atoms with Crippen LogP contribution < -0.4 is 4.18 Å². The molecule has 0 aliphatic heterocycles. The number of hydrogen-bond donors (Lipinski definition) is 0. The van der Waals surface area contributed by atoms with Crippen molar-refractivity contribution in [2.75, 3.05) is 0 Å². The first-order valence-electron chi connectivity index (χ1n) is 5.81. The largest absolute Gasteiger partial charge is 0.382 e. The molecule has 0 N–H and O–H groups in total. The number of carbonyl (C=O) groups excluding carboxylic acids is 1. The van der Waals surface area contributed by atoms with Crippen LogP contribution in [0.15, 0.2) is 24.3 Å². The second-order valence-corrected chi connectivity index (χ2v) is 7.04. The molecule has 2 atom stereocenters. The molecule has 4 nitrogen and oxygen atoms in total. The Labute approximate surface area is 107 Å². The van der Waals surface area contributed by atoms with Crippen molar-refractivity contribution in [3.05, 3.63) is 29.8 Å². The molecule has 1 saturated carbocycles. The Kier molecular flexibility index (Phi) is 2.97. The standard InChI is InChI=1S/C13H16O4S/c1-9-8-13(9,3)18(15,16)17-12-6-4-11(5-7-12)10(2)14/h4-7,9H,8H2,1-3H3/t9-,13-/m1/s1. The number of hydrogen-bond acceptors (Lipinski definition) is 4. The highest BCUT2D eigenvalue weighted by atomic mass is 32.2. The van der Waals surface area contributed by atoms with E-state index in [1.807, 2.05) is 6.92 Å². The molecule has 1 fully saturated rings. The summed E-state index contributed by atoms with van der Waals surface area (Å²) in [4.78, 5) is 11.1. The molecule has 0 spiro atoms. The van der Waals surface area contributed by atoms with Gasteiger partial charge in [0.2, 0.25) is 0 Å². The second-order valence-electron chi connectivity index (χ2n) is 5.04. The summed E-state index contributed by atoms with van der Waals surface area (Å²) in [5.41, 5.74) is 0.533. The topological polar surface area (TPSA) is 60.4 Å². The molecule has 0 heterocycles. The number of carbonyl (C=O) groups is 1. The first-order valence-corrected chi connectivity index (χ1v) is 7.22. The fourth-order valence-electron chi connectivity index (χ4n) is 1.86. The molecule has 1 aliphatic rings. The lowest BCUT2D eigenvalue weighted by atomic mass is 10.1. The van der Waals surface area contributed by atoms with Crippen LogP contribution in [-0.2, 0) is 10.1 Å². The van der Waals surface area contributed by atoms with Gasteiger partial charge in [0.05, 0.1) is 0 Å². The zero-order valence-electron chi connectivity index (χ0n) is 10.6. The van der Waals surface area contributed by atoms with Crippen LogP contribution in [-0.4, -0.2) is 18.9 Å². The molecule has 1 aromatic carbocycles. The van der Waals surface area contributed by atoms with Gasteiger partial charge in [0.1, 0.15) is 10.5 Å². The zero-order chi connectivity index (χ0) is 13.6. The molecule has 5 heteroatoms. The van der Waals surface area contributed by atoms with Gasteiger partial charge in [-0.15, -0.1) is 0 Å². The van der Waals surface area contributed by atoms with Gasteiger partial charge >= 0.3 is 10.1 Å². The monoisotopic (exact) mass is 268 g/mol. The summed E-state index contributed by atoms with van der Waals surface area (Å²) in [7, 11) is -3.61. The molecule has 0 aromatic heterocycles. The predicted molar refractivity (Wildman–Crippen MR) is 68.2 cm³/mol. The maximum absolute atomic E-state index is 12.0. The lowest BCUT2D eigenvalue weighted by Gasteiger charge is -2.13. The van der Waals surface area contributed by atoms with E-state index in [1.54, 1.807) is 19.1 Å². The molecular formula is C13H16O4S. The molecule has 98 valence electrons. The summed E-state index contributed by atoms with van der Waals surface area (Å²) in [5.74, 6) is 0.312. The highest BCUT2D eigenvalue weighted by Crippen LogP contribution is 2.50. The van der Waals surface area contributed by atoms with E-state index in [-0.39, 0.29) is 17.5 Å². The van der Waals surface area contributed by atoms with Gasteiger partial charge < -0.3 is 4.18 Å². The normalized spacial score (nSPS) is 26.7. The summed E-state index contributed by atoms with van der Waals surface area (Å²) in [6.07, 6.45) is 0.626. The average Bonchev–Trinajstić information content (AvgIpc) is 2.89. The van der Waals surface area contributed by atoms with E-state index in [2.05, 4.69) is 0 Å². The molecule has 0 amide bonds. The molecule has 0 radical (unpaired) electrons. The minimum Gasteiger partial charge on any atom is -0.382 e. The molecule has 0 bridgehead atoms. The van der Waals surface area contributed by atoms with Gasteiger partial charge in [0.15, 0.2) is 5.78 Å². The molecular weight excluding hydrogens is 252 g/mol. The second kappa shape index (κ2) is 4.09. The first kappa shape index (κ1) is 13.1. The van der Waals surface area contributed by atoms with Gasteiger partial charge in [0.25, 0.3) is 0 Å². The van der Waals surface area contributed by atoms with Gasteiger partial charge in [-0.25, -0.2) is 0 Å². The maximum atomic E-state index is 12.0. The third kappa shape index (κ3) is 2.14. The fourth-order valence-corrected chi connectivity index (χ4v) is 3.37. The lowest BCUT2D eigenvalue weighted by molar-refractivity contribution is 0.101. The molecule has 1 aliphatic carbocycles. The van der Waals surface area contributed by atoms with Gasteiger partial charge in [-0.3, -0.25) is 4.79 Å². The molecule has 2 rings (SSSR count). The molecule has 18 heavy (non-hydrogen) atoms. The SMILES string of the molecule is CC(=O)c1ccc(OS(=O)(=O)[C@]2(C)C[C@H]2C)cc1. The van der Waals surface area contributed by atoms with Crippen LogP contribution >= 0.6 is 0 Å². The highest BCUT2D eigenvalue weighted by Gasteiger charge is 2.59. The fraction of sp³-hybridized carbons (Fsp3) is 0.462. The van der Waals surface area contributed by atoms with E-state index in [9.17, 15) is 13.2 Å². The minimum absolute atomic E-state index is 0.0628. The summed E-state index contributed by atoms with van der Waals surface area (Å²) in [6, 6.07) is 6.13. The molecule has 0 saturated heterocycles. The Morgan fingerprint density at radius 1 is 1.33 bits per heavy atom. The average molecular weight is 268 g/mol. The van der Waals surface area contributed by atoms with Crippen molar-refractivity contribution in [3.63, 3.8) is 0 Å². The molecule has 1 aromatic rings. The van der Waals surface area contributed by atoms with Crippen LogP contribution in [0.3, 0.4) is 0 Å². The minimum atomic E-state index is -3.61. The van der Waals surface area contributed by atoms with E-state index >= 15 is 0 Å². The Morgan fingerprint density at radius 2 is 1.83 bits per heavy atom. The maximum Gasteiger partial charge on any atom is 0.315 e. The number of ketones is 1. The van der Waals surface area contributed by atoms with E-state index in [4.69, 9.17) is 4.18 Å². The Hall–Kier alpha value is -1.36. The van der Waals surface area contributed by atoms with Crippen LogP contribution in [0.5, 0.6) is 5.75 Å². The van der Waals surface area contributed by atoms with Crippen LogP contribution in [0.2, 0.25) is 0 Å². The highest BCUT2D eigenvalue weighted by molar-refractivity contribution is 7.88. The van der Waals surface area contributed by atoms with Gasteiger partial charge in [-0.05, 0) is 50.5 Å². The van der Waals surface area contributed by atoms with Crippen molar-refractivity contribution in [3.8, 4) is 5.75 Å². The third-order valence-corrected chi connectivity index (χ3v) is 5.75. The lowest BCUT2D eigenvalue weighted by Crippen LogP contribution is -2.26. The summed E-state index contributed by atoms with van der Waals surface area (Å²) >= 11 is 0.